The topological polar surface area (TPSA) is 149 Å². The zero-order valence-electron chi connectivity index (χ0n) is 26.3. The van der Waals surface area contributed by atoms with Crippen LogP contribution in [0.3, 0.4) is 0 Å². The number of methoxy groups -OCH3 is 2. The minimum atomic E-state index is -1.01. The molecule has 1 aromatic heterocycles. The van der Waals surface area contributed by atoms with Gasteiger partial charge in [0.05, 0.1) is 44.1 Å². The number of rotatable bonds is 15. The summed E-state index contributed by atoms with van der Waals surface area (Å²) in [6.07, 6.45) is -0.137. The standard InChI is InChI=1S/C33H39NO10S/c1-18(31(37)38)7-23(35)29-12-20-9-26(25(42-6)13-28(20)45-29)43-16-33(3,4)17-44-27-11-22-15-34(14-21(22)10-24(27)41-5)30(36)8-19(2)32(39)40/h9-13,18-19H,7-8,14-17H2,1-6H3,(H,37,38)(H,39,40)/t18-,19-/m0/s1. The van der Waals surface area contributed by atoms with Crippen LogP contribution >= 0.6 is 11.3 Å². The number of fused-ring (bicyclic) bond motifs is 2. The second-order valence-electron chi connectivity index (χ2n) is 12.2. The van der Waals surface area contributed by atoms with Crippen LogP contribution in [0.15, 0.2) is 30.3 Å². The van der Waals surface area contributed by atoms with Gasteiger partial charge in [0.15, 0.2) is 28.8 Å². The molecule has 0 radical (unpaired) electrons. The highest BCUT2D eigenvalue weighted by molar-refractivity contribution is 7.20. The minimum absolute atomic E-state index is 0.0620. The summed E-state index contributed by atoms with van der Waals surface area (Å²) >= 11 is 1.29. The summed E-state index contributed by atoms with van der Waals surface area (Å²) in [5.41, 5.74) is 1.39. The number of thiophene rings is 1. The summed E-state index contributed by atoms with van der Waals surface area (Å²) in [5.74, 6) is -1.89. The maximum absolute atomic E-state index is 12.7. The van der Waals surface area contributed by atoms with E-state index in [1.807, 2.05) is 38.1 Å². The molecule has 0 unspecified atom stereocenters. The van der Waals surface area contributed by atoms with Crippen LogP contribution in [-0.4, -0.2) is 66.2 Å². The van der Waals surface area contributed by atoms with Crippen molar-refractivity contribution >= 4 is 45.1 Å². The van der Waals surface area contributed by atoms with Crippen LogP contribution in [0.4, 0.5) is 0 Å². The number of hydrogen-bond donors (Lipinski definition) is 2. The molecule has 4 rings (SSSR count). The SMILES string of the molecule is COc1cc2c(cc1OCC(C)(C)COc1cc3cc(C(=O)C[C@H](C)C(=O)O)sc3cc1OC)CN(C(=O)C[C@H](C)C(=O)O)C2. The number of benzene rings is 2. The third-order valence-corrected chi connectivity index (χ3v) is 8.83. The molecule has 45 heavy (non-hydrogen) atoms. The number of hydrogen-bond acceptors (Lipinski definition) is 9. The van der Waals surface area contributed by atoms with Gasteiger partial charge in [-0.05, 0) is 40.8 Å². The second kappa shape index (κ2) is 13.8. The molecule has 2 heterocycles. The predicted molar refractivity (Wildman–Crippen MR) is 168 cm³/mol. The molecule has 0 bridgehead atoms. The summed E-state index contributed by atoms with van der Waals surface area (Å²) < 4.78 is 24.4. The van der Waals surface area contributed by atoms with Crippen molar-refractivity contribution in [3.8, 4) is 23.0 Å². The Balaban J connectivity index is 1.41. The highest BCUT2D eigenvalue weighted by Gasteiger charge is 2.29. The average Bonchev–Trinajstić information content (AvgIpc) is 3.61. The van der Waals surface area contributed by atoms with Crippen molar-refractivity contribution in [2.24, 2.45) is 17.3 Å². The molecule has 11 nitrogen and oxygen atoms in total. The maximum Gasteiger partial charge on any atom is 0.306 e. The van der Waals surface area contributed by atoms with Crippen molar-refractivity contribution in [1.29, 1.82) is 0 Å². The van der Waals surface area contributed by atoms with Crippen LogP contribution in [0, 0.1) is 17.3 Å². The molecule has 1 amide bonds. The van der Waals surface area contributed by atoms with Crippen molar-refractivity contribution in [2.45, 2.75) is 53.6 Å². The number of ether oxygens (including phenoxy) is 4. The molecule has 1 aliphatic heterocycles. The van der Waals surface area contributed by atoms with Crippen molar-refractivity contribution < 1.29 is 48.3 Å². The monoisotopic (exact) mass is 641 g/mol. The van der Waals surface area contributed by atoms with Crippen molar-refractivity contribution in [3.05, 3.63) is 46.3 Å². The van der Waals surface area contributed by atoms with Crippen molar-refractivity contribution in [3.63, 3.8) is 0 Å². The summed E-state index contributed by atoms with van der Waals surface area (Å²) in [4.78, 5) is 49.8. The molecule has 0 saturated heterocycles. The van der Waals surface area contributed by atoms with E-state index in [2.05, 4.69) is 0 Å². The predicted octanol–water partition coefficient (Wildman–Crippen LogP) is 5.65. The lowest BCUT2D eigenvalue weighted by Gasteiger charge is -2.26. The van der Waals surface area contributed by atoms with Gasteiger partial charge in [-0.3, -0.25) is 19.2 Å². The van der Waals surface area contributed by atoms with Crippen LogP contribution in [0.2, 0.25) is 0 Å². The number of aliphatic carboxylic acids is 2. The molecule has 0 saturated carbocycles. The van der Waals surface area contributed by atoms with Crippen LogP contribution in [-0.2, 0) is 27.5 Å². The van der Waals surface area contributed by atoms with Gasteiger partial charge in [-0.25, -0.2) is 0 Å². The number of carboxylic acids is 2. The van der Waals surface area contributed by atoms with Crippen LogP contribution in [0.1, 0.15) is 61.3 Å². The van der Waals surface area contributed by atoms with Crippen LogP contribution in [0.25, 0.3) is 10.1 Å². The van der Waals surface area contributed by atoms with Crippen molar-refractivity contribution in [1.82, 2.24) is 4.90 Å². The van der Waals surface area contributed by atoms with Gasteiger partial charge in [-0.15, -0.1) is 11.3 Å². The van der Waals surface area contributed by atoms with Gasteiger partial charge in [0.1, 0.15) is 0 Å². The number of ketones is 1. The first-order valence-electron chi connectivity index (χ1n) is 14.5. The van der Waals surface area contributed by atoms with Gasteiger partial charge in [-0.2, -0.15) is 0 Å². The molecule has 242 valence electrons. The molecule has 1 aliphatic rings. The molecule has 12 heteroatoms. The van der Waals surface area contributed by atoms with E-state index in [9.17, 15) is 19.2 Å². The average molecular weight is 642 g/mol. The zero-order chi connectivity index (χ0) is 33.1. The highest BCUT2D eigenvalue weighted by Crippen LogP contribution is 2.39. The third kappa shape index (κ3) is 8.05. The molecule has 0 aliphatic carbocycles. The minimum Gasteiger partial charge on any atom is -0.493 e. The quantitative estimate of drug-likeness (QED) is 0.199. The Morgan fingerprint density at radius 1 is 0.800 bits per heavy atom. The van der Waals surface area contributed by atoms with E-state index in [0.717, 1.165) is 21.2 Å². The van der Waals surface area contributed by atoms with E-state index in [4.69, 9.17) is 29.2 Å². The van der Waals surface area contributed by atoms with E-state index >= 15 is 0 Å². The Morgan fingerprint density at radius 3 is 1.87 bits per heavy atom. The third-order valence-electron chi connectivity index (χ3n) is 7.69. The lowest BCUT2D eigenvalue weighted by molar-refractivity contribution is -0.145. The lowest BCUT2D eigenvalue weighted by atomic mass is 9.96. The van der Waals surface area contributed by atoms with Gasteiger partial charge in [-0.1, -0.05) is 27.7 Å². The fourth-order valence-corrected chi connectivity index (χ4v) is 5.87. The molecular weight excluding hydrogens is 602 g/mol. The van der Waals surface area contributed by atoms with E-state index in [1.54, 1.807) is 18.1 Å². The normalized spacial score (nSPS) is 14.0. The molecule has 0 spiro atoms. The highest BCUT2D eigenvalue weighted by atomic mass is 32.1. The number of nitrogens with zero attached hydrogens (tertiary/aromatic N) is 1. The molecule has 0 fully saturated rings. The van der Waals surface area contributed by atoms with Gasteiger partial charge in [0, 0.05) is 42.1 Å². The molecule has 2 N–H and O–H groups in total. The van der Waals surface area contributed by atoms with E-state index in [-0.39, 0.29) is 37.7 Å². The molecule has 2 atom stereocenters. The molecule has 3 aromatic rings. The largest absolute Gasteiger partial charge is 0.493 e. The van der Waals surface area contributed by atoms with E-state index < -0.39 is 29.2 Å². The first kappa shape index (κ1) is 33.6. The Hall–Kier alpha value is -4.32. The van der Waals surface area contributed by atoms with Gasteiger partial charge in [0.25, 0.3) is 0 Å². The first-order valence-corrected chi connectivity index (χ1v) is 15.4. The maximum atomic E-state index is 12.7. The van der Waals surface area contributed by atoms with Crippen molar-refractivity contribution in [2.75, 3.05) is 27.4 Å². The lowest BCUT2D eigenvalue weighted by Crippen LogP contribution is -2.29. The zero-order valence-corrected chi connectivity index (χ0v) is 27.1. The first-order chi connectivity index (χ1) is 21.2. The molecule has 2 aromatic carbocycles. The van der Waals surface area contributed by atoms with Crippen LogP contribution in [0.5, 0.6) is 23.0 Å². The van der Waals surface area contributed by atoms with Gasteiger partial charge < -0.3 is 34.1 Å². The van der Waals surface area contributed by atoms with Crippen LogP contribution < -0.4 is 18.9 Å². The molecular formula is C33H39NO10S. The summed E-state index contributed by atoms with van der Waals surface area (Å²) in [6.45, 7) is 8.32. The number of Topliss-reactive ketones (excluding diaryl/α,β-unsaturated/α-hetero) is 1. The summed E-state index contributed by atoms with van der Waals surface area (Å²) in [5, 5.41) is 19.1. The number of amides is 1. The fourth-order valence-electron chi connectivity index (χ4n) is 4.84. The van der Waals surface area contributed by atoms with Gasteiger partial charge >= 0.3 is 11.9 Å². The smallest absolute Gasteiger partial charge is 0.306 e. The number of carboxylic acid groups (broad SMARTS) is 2. The number of carbonyl (C=O) groups is 4. The van der Waals surface area contributed by atoms with E-state index in [0.29, 0.717) is 41.0 Å². The Bertz CT molecular complexity index is 1610. The van der Waals surface area contributed by atoms with E-state index in [1.165, 1.54) is 32.3 Å². The number of carbonyl (C=O) groups excluding carboxylic acids is 2. The second-order valence-corrected chi connectivity index (χ2v) is 13.3. The Labute approximate surface area is 265 Å². The fraction of sp³-hybridized carbons (Fsp3) is 0.455. The Morgan fingerprint density at radius 2 is 1.31 bits per heavy atom. The summed E-state index contributed by atoms with van der Waals surface area (Å²) in [6, 6.07) is 9.08. The Kier molecular flexibility index (Phi) is 10.3. The van der Waals surface area contributed by atoms with Gasteiger partial charge in [0.2, 0.25) is 5.91 Å². The summed E-state index contributed by atoms with van der Waals surface area (Å²) in [7, 11) is 3.09.